The fourth-order valence-electron chi connectivity index (χ4n) is 2.14. The van der Waals surface area contributed by atoms with Crippen LogP contribution < -0.4 is 9.78 Å². The zero-order valence-corrected chi connectivity index (χ0v) is 15.1. The molecule has 0 heterocycles. The molecule has 0 saturated heterocycles. The molecule has 0 aliphatic carbocycles. The Hall–Kier alpha value is -1.57. The monoisotopic (exact) mass is 361 g/mol. The zero-order valence-electron chi connectivity index (χ0n) is 13.4. The average molecular weight is 360 g/mol. The topological polar surface area (TPSA) is 29.1 Å². The van der Waals surface area contributed by atoms with Gasteiger partial charge in [0.2, 0.25) is 0 Å². The molecule has 2 nitrogen and oxygen atoms in total. The summed E-state index contributed by atoms with van der Waals surface area (Å²) in [5, 5.41) is 4.22. The van der Waals surface area contributed by atoms with Crippen LogP contribution in [-0.2, 0) is 0 Å². The van der Waals surface area contributed by atoms with Gasteiger partial charge in [-0.05, 0) is 0 Å². The van der Waals surface area contributed by atoms with Crippen molar-refractivity contribution >= 4 is 25.3 Å². The van der Waals surface area contributed by atoms with Crippen molar-refractivity contribution in [3.8, 4) is 0 Å². The summed E-state index contributed by atoms with van der Waals surface area (Å²) < 4.78 is 1.43. The van der Waals surface area contributed by atoms with Crippen LogP contribution in [0.4, 0.5) is 0 Å². The molecule has 1 N–H and O–H groups in total. The molecule has 0 radical (unpaired) electrons. The molecule has 0 fully saturated rings. The van der Waals surface area contributed by atoms with E-state index in [4.69, 9.17) is 0 Å². The number of hydrogen-bond acceptors (Lipinski definition) is 1. The van der Waals surface area contributed by atoms with Crippen molar-refractivity contribution in [2.75, 3.05) is 0 Å². The summed E-state index contributed by atoms with van der Waals surface area (Å²) in [5.41, 5.74) is 2.08. The molecule has 1 atom stereocenters. The van der Waals surface area contributed by atoms with E-state index in [9.17, 15) is 4.79 Å². The van der Waals surface area contributed by atoms with E-state index in [1.165, 1.54) is 10.0 Å². The number of aryl methyl sites for hydroxylation is 1. The van der Waals surface area contributed by atoms with Crippen LogP contribution in [0.25, 0.3) is 0 Å². The number of benzene rings is 2. The van der Waals surface area contributed by atoms with E-state index in [1.54, 1.807) is 0 Å². The van der Waals surface area contributed by atoms with Crippen molar-refractivity contribution in [2.24, 2.45) is 5.92 Å². The summed E-state index contributed by atoms with van der Waals surface area (Å²) in [5.74, 6) is 0.457. The number of amides is 1. The van der Waals surface area contributed by atoms with Gasteiger partial charge in [-0.1, -0.05) is 0 Å². The summed E-state index contributed by atoms with van der Waals surface area (Å²) in [4.78, 5) is 12.3. The molecular weight excluding hydrogens is 337 g/mol. The Morgan fingerprint density at radius 2 is 1.68 bits per heavy atom. The van der Waals surface area contributed by atoms with Gasteiger partial charge in [-0.25, -0.2) is 0 Å². The quantitative estimate of drug-likeness (QED) is 0.788. The predicted octanol–water partition coefficient (Wildman–Crippen LogP) is 3.20. The van der Waals surface area contributed by atoms with Crippen molar-refractivity contribution in [3.05, 3.63) is 65.7 Å². The molecule has 0 saturated carbocycles. The molecule has 22 heavy (non-hydrogen) atoms. The molecule has 0 aliphatic heterocycles. The van der Waals surface area contributed by atoms with Gasteiger partial charge in [0.25, 0.3) is 0 Å². The number of nitrogens with one attached hydrogen (secondary N) is 1. The molecule has 0 bridgehead atoms. The number of carbonyl (C=O) groups is 1. The van der Waals surface area contributed by atoms with Crippen molar-refractivity contribution in [3.63, 3.8) is 0 Å². The van der Waals surface area contributed by atoms with E-state index in [1.807, 2.05) is 30.3 Å². The van der Waals surface area contributed by atoms with E-state index < -0.39 is 0 Å². The van der Waals surface area contributed by atoms with Gasteiger partial charge in [0.05, 0.1) is 0 Å². The van der Waals surface area contributed by atoms with E-state index in [0.29, 0.717) is 20.9 Å². The molecular formula is C19H23NOSe. The summed E-state index contributed by atoms with van der Waals surface area (Å²) in [6.45, 7) is 6.50. The van der Waals surface area contributed by atoms with Gasteiger partial charge in [0.15, 0.2) is 0 Å². The molecule has 0 spiro atoms. The van der Waals surface area contributed by atoms with Crippen LogP contribution in [0.5, 0.6) is 0 Å². The summed E-state index contributed by atoms with van der Waals surface area (Å²) in [6, 6.07) is 18.2. The Morgan fingerprint density at radius 1 is 1.05 bits per heavy atom. The first-order valence-electron chi connectivity index (χ1n) is 7.62. The summed E-state index contributed by atoms with van der Waals surface area (Å²) >= 11 is 0.379. The summed E-state index contributed by atoms with van der Waals surface area (Å²) in [7, 11) is 0. The molecule has 0 aromatic heterocycles. The minimum atomic E-state index is 0.0277. The Labute approximate surface area is 139 Å². The Bertz CT molecular complexity index is 610. The van der Waals surface area contributed by atoms with Gasteiger partial charge in [0, 0.05) is 0 Å². The van der Waals surface area contributed by atoms with E-state index in [0.717, 1.165) is 10.9 Å². The van der Waals surface area contributed by atoms with Crippen LogP contribution in [0.1, 0.15) is 29.8 Å². The maximum absolute atomic E-state index is 12.3. The standard InChI is InChI=1S/C19H23NOSe/c1-14(2)17(13-22-18-12-8-7-9-15(18)3)20-19(21)16-10-5-4-6-11-16/h4-12,14,17H,13H2,1-3H3,(H,20,21)/t17-/m1/s1. The molecule has 2 aromatic rings. The van der Waals surface area contributed by atoms with Gasteiger partial charge >= 0.3 is 139 Å². The number of hydrogen-bond donors (Lipinski definition) is 1. The van der Waals surface area contributed by atoms with Crippen molar-refractivity contribution < 1.29 is 4.79 Å². The van der Waals surface area contributed by atoms with Gasteiger partial charge in [0.1, 0.15) is 0 Å². The second kappa shape index (κ2) is 8.16. The number of carbonyl (C=O) groups excluding carboxylic acids is 1. The normalized spacial score (nSPS) is 12.2. The van der Waals surface area contributed by atoms with Crippen LogP contribution in [0.15, 0.2) is 54.6 Å². The summed E-state index contributed by atoms with van der Waals surface area (Å²) in [6.07, 6.45) is 0. The third-order valence-electron chi connectivity index (χ3n) is 3.67. The first-order valence-corrected chi connectivity index (χ1v) is 9.69. The predicted molar refractivity (Wildman–Crippen MR) is 93.9 cm³/mol. The minimum absolute atomic E-state index is 0.0277. The molecule has 2 rings (SSSR count). The van der Waals surface area contributed by atoms with Crippen LogP contribution in [0.3, 0.4) is 0 Å². The molecule has 3 heteroatoms. The Morgan fingerprint density at radius 3 is 2.32 bits per heavy atom. The van der Waals surface area contributed by atoms with Crippen molar-refractivity contribution in [1.29, 1.82) is 0 Å². The molecule has 0 aliphatic rings. The zero-order chi connectivity index (χ0) is 15.9. The third kappa shape index (κ3) is 4.72. The van der Waals surface area contributed by atoms with Crippen LogP contribution in [0, 0.1) is 12.8 Å². The second-order valence-electron chi connectivity index (χ2n) is 5.77. The van der Waals surface area contributed by atoms with Gasteiger partial charge < -0.3 is 0 Å². The van der Waals surface area contributed by atoms with Gasteiger partial charge in [-0.3, -0.25) is 0 Å². The first-order chi connectivity index (χ1) is 10.6. The number of rotatable bonds is 6. The molecule has 1 amide bonds. The van der Waals surface area contributed by atoms with E-state index >= 15 is 0 Å². The fourth-order valence-corrected chi connectivity index (χ4v) is 4.86. The van der Waals surface area contributed by atoms with Gasteiger partial charge in [-0.2, -0.15) is 0 Å². The van der Waals surface area contributed by atoms with Crippen LogP contribution >= 0.6 is 0 Å². The van der Waals surface area contributed by atoms with Crippen LogP contribution in [0.2, 0.25) is 5.32 Å². The Kier molecular flexibility index (Phi) is 6.23. The van der Waals surface area contributed by atoms with Crippen molar-refractivity contribution in [2.45, 2.75) is 32.1 Å². The van der Waals surface area contributed by atoms with Crippen molar-refractivity contribution in [1.82, 2.24) is 5.32 Å². The SMILES string of the molecule is Cc1ccccc1[Se]C[C@@H](NC(=O)c1ccccc1)C(C)C. The van der Waals surface area contributed by atoms with Crippen LogP contribution in [-0.4, -0.2) is 26.9 Å². The maximum atomic E-state index is 12.3. The third-order valence-corrected chi connectivity index (χ3v) is 6.39. The fraction of sp³-hybridized carbons (Fsp3) is 0.316. The van der Waals surface area contributed by atoms with E-state index in [2.05, 4.69) is 50.4 Å². The molecule has 2 aromatic carbocycles. The first kappa shape index (κ1) is 16.8. The second-order valence-corrected chi connectivity index (χ2v) is 7.99. The average Bonchev–Trinajstić information content (AvgIpc) is 2.53. The van der Waals surface area contributed by atoms with E-state index in [-0.39, 0.29) is 11.9 Å². The Balaban J connectivity index is 1.99. The van der Waals surface area contributed by atoms with Gasteiger partial charge in [-0.15, -0.1) is 0 Å². The molecule has 116 valence electrons. The molecule has 0 unspecified atom stereocenters.